The molecule has 1 aromatic carbocycles. The normalized spacial score (nSPS) is 18.4. The Morgan fingerprint density at radius 3 is 2.37 bits per heavy atom. The van der Waals surface area contributed by atoms with Crippen molar-refractivity contribution in [3.8, 4) is 0 Å². The first-order valence-corrected chi connectivity index (χ1v) is 7.59. The maximum Gasteiger partial charge on any atom is 0.0465 e. The summed E-state index contributed by atoms with van der Waals surface area (Å²) < 4.78 is 5.10. The van der Waals surface area contributed by atoms with Crippen molar-refractivity contribution in [2.24, 2.45) is 5.73 Å². The number of aryl methyl sites for hydroxylation is 1. The zero-order chi connectivity index (χ0) is 13.6. The van der Waals surface area contributed by atoms with Gasteiger partial charge in [-0.1, -0.05) is 43.5 Å². The summed E-state index contributed by atoms with van der Waals surface area (Å²) in [5.74, 6) is 0. The largest absolute Gasteiger partial charge is 0.385 e. The zero-order valence-corrected chi connectivity index (χ0v) is 12.2. The minimum atomic E-state index is 0.253. The Kier molecular flexibility index (Phi) is 5.41. The molecule has 0 aromatic heterocycles. The zero-order valence-electron chi connectivity index (χ0n) is 12.2. The first-order chi connectivity index (χ1) is 9.30. The minimum Gasteiger partial charge on any atom is -0.385 e. The van der Waals surface area contributed by atoms with E-state index in [1.807, 2.05) is 0 Å². The van der Waals surface area contributed by atoms with Crippen molar-refractivity contribution in [2.75, 3.05) is 20.3 Å². The molecule has 0 spiro atoms. The van der Waals surface area contributed by atoms with Crippen LogP contribution in [0.1, 0.15) is 49.7 Å². The number of benzene rings is 1. The number of methoxy groups -OCH3 is 1. The molecule has 0 aliphatic heterocycles. The van der Waals surface area contributed by atoms with Gasteiger partial charge in [-0.05, 0) is 36.8 Å². The van der Waals surface area contributed by atoms with Crippen LogP contribution in [0, 0.1) is 0 Å². The summed E-state index contributed by atoms with van der Waals surface area (Å²) in [4.78, 5) is 0. The van der Waals surface area contributed by atoms with Crippen LogP contribution in [-0.2, 0) is 16.6 Å². The number of hydrogen-bond donors (Lipinski definition) is 1. The van der Waals surface area contributed by atoms with Gasteiger partial charge in [-0.2, -0.15) is 0 Å². The lowest BCUT2D eigenvalue weighted by molar-refractivity contribution is 0.195. The van der Waals surface area contributed by atoms with E-state index in [2.05, 4.69) is 24.3 Å². The lowest BCUT2D eigenvalue weighted by atomic mass is 9.69. The van der Waals surface area contributed by atoms with E-state index in [9.17, 15) is 0 Å². The van der Waals surface area contributed by atoms with Crippen LogP contribution >= 0.6 is 0 Å². The van der Waals surface area contributed by atoms with Gasteiger partial charge >= 0.3 is 0 Å². The maximum absolute atomic E-state index is 6.09. The van der Waals surface area contributed by atoms with E-state index >= 15 is 0 Å². The summed E-state index contributed by atoms with van der Waals surface area (Å²) in [5.41, 5.74) is 9.20. The lowest BCUT2D eigenvalue weighted by Crippen LogP contribution is -2.37. The molecule has 19 heavy (non-hydrogen) atoms. The van der Waals surface area contributed by atoms with Gasteiger partial charge in [0.05, 0.1) is 0 Å². The predicted molar refractivity (Wildman–Crippen MR) is 80.5 cm³/mol. The van der Waals surface area contributed by atoms with Gasteiger partial charge in [0.25, 0.3) is 0 Å². The highest BCUT2D eigenvalue weighted by Crippen LogP contribution is 2.38. The molecule has 0 bridgehead atoms. The minimum absolute atomic E-state index is 0.253. The topological polar surface area (TPSA) is 35.2 Å². The number of ether oxygens (including phenoxy) is 1. The molecule has 1 aromatic rings. The first kappa shape index (κ1) is 14.5. The van der Waals surface area contributed by atoms with Crippen LogP contribution in [0.4, 0.5) is 0 Å². The number of rotatable bonds is 6. The molecule has 106 valence electrons. The van der Waals surface area contributed by atoms with Crippen molar-refractivity contribution in [1.29, 1.82) is 0 Å². The molecule has 0 atom stereocenters. The van der Waals surface area contributed by atoms with Gasteiger partial charge in [0, 0.05) is 25.7 Å². The average Bonchev–Trinajstić information content (AvgIpc) is 2.49. The molecule has 1 fully saturated rings. The average molecular weight is 261 g/mol. The van der Waals surface area contributed by atoms with Gasteiger partial charge in [-0.3, -0.25) is 0 Å². The van der Waals surface area contributed by atoms with Crippen molar-refractivity contribution < 1.29 is 4.74 Å². The Morgan fingerprint density at radius 1 is 1.11 bits per heavy atom. The van der Waals surface area contributed by atoms with E-state index in [4.69, 9.17) is 10.5 Å². The molecule has 2 heteroatoms. The van der Waals surface area contributed by atoms with Gasteiger partial charge in [0.15, 0.2) is 0 Å². The molecule has 2 nitrogen and oxygen atoms in total. The van der Waals surface area contributed by atoms with Crippen LogP contribution in [0.5, 0.6) is 0 Å². The smallest absolute Gasteiger partial charge is 0.0465 e. The number of hydrogen-bond acceptors (Lipinski definition) is 2. The summed E-state index contributed by atoms with van der Waals surface area (Å²) in [6.07, 6.45) is 8.73. The molecule has 2 N–H and O–H groups in total. The van der Waals surface area contributed by atoms with Crippen molar-refractivity contribution in [3.63, 3.8) is 0 Å². The van der Waals surface area contributed by atoms with Crippen LogP contribution in [-0.4, -0.2) is 20.3 Å². The summed E-state index contributed by atoms with van der Waals surface area (Å²) in [7, 11) is 1.76. The monoisotopic (exact) mass is 261 g/mol. The lowest BCUT2D eigenvalue weighted by Gasteiger charge is -2.37. The molecule has 0 saturated heterocycles. The van der Waals surface area contributed by atoms with Crippen LogP contribution in [0.3, 0.4) is 0 Å². The van der Waals surface area contributed by atoms with E-state index in [1.165, 1.54) is 43.2 Å². The predicted octanol–water partition coefficient (Wildman–Crippen LogP) is 3.43. The second kappa shape index (κ2) is 7.06. The van der Waals surface area contributed by atoms with Crippen LogP contribution in [0.25, 0.3) is 0 Å². The number of nitrogens with two attached hydrogens (primary N) is 1. The third kappa shape index (κ3) is 3.58. The van der Waals surface area contributed by atoms with Crippen LogP contribution < -0.4 is 5.73 Å². The summed E-state index contributed by atoms with van der Waals surface area (Å²) in [5, 5.41) is 0. The fraction of sp³-hybridized carbons (Fsp3) is 0.647. The van der Waals surface area contributed by atoms with E-state index in [1.54, 1.807) is 7.11 Å². The Balaban J connectivity index is 2.03. The molecular weight excluding hydrogens is 234 g/mol. The van der Waals surface area contributed by atoms with E-state index in [0.717, 1.165) is 26.0 Å². The molecule has 1 aliphatic rings. The summed E-state index contributed by atoms with van der Waals surface area (Å²) >= 11 is 0. The Labute approximate surface area is 117 Å². The SMILES string of the molecule is COCCCc1ccc(C2(CN)CCCCC2)cc1. The maximum atomic E-state index is 6.09. The van der Waals surface area contributed by atoms with Crippen molar-refractivity contribution in [2.45, 2.75) is 50.4 Å². The second-order valence-corrected chi connectivity index (χ2v) is 5.84. The molecule has 0 amide bonds. The molecule has 1 saturated carbocycles. The van der Waals surface area contributed by atoms with E-state index in [-0.39, 0.29) is 5.41 Å². The molecule has 2 rings (SSSR count). The molecule has 0 radical (unpaired) electrons. The fourth-order valence-corrected chi connectivity index (χ4v) is 3.28. The van der Waals surface area contributed by atoms with Crippen LogP contribution in [0.2, 0.25) is 0 Å². The third-order valence-corrected chi connectivity index (χ3v) is 4.58. The Morgan fingerprint density at radius 2 is 1.79 bits per heavy atom. The van der Waals surface area contributed by atoms with Gasteiger partial charge in [0.1, 0.15) is 0 Å². The highest BCUT2D eigenvalue weighted by Gasteiger charge is 2.32. The van der Waals surface area contributed by atoms with Gasteiger partial charge in [0.2, 0.25) is 0 Å². The van der Waals surface area contributed by atoms with Crippen molar-refractivity contribution in [1.82, 2.24) is 0 Å². The quantitative estimate of drug-likeness (QED) is 0.796. The highest BCUT2D eigenvalue weighted by molar-refractivity contribution is 5.30. The van der Waals surface area contributed by atoms with Crippen molar-refractivity contribution >= 4 is 0 Å². The second-order valence-electron chi connectivity index (χ2n) is 5.84. The fourth-order valence-electron chi connectivity index (χ4n) is 3.28. The highest BCUT2D eigenvalue weighted by atomic mass is 16.5. The van der Waals surface area contributed by atoms with Gasteiger partial charge < -0.3 is 10.5 Å². The Bertz CT molecular complexity index is 365. The molecule has 0 heterocycles. The summed E-state index contributed by atoms with van der Waals surface area (Å²) in [6, 6.07) is 9.16. The van der Waals surface area contributed by atoms with Gasteiger partial charge in [-0.15, -0.1) is 0 Å². The molecular formula is C17H27NO. The van der Waals surface area contributed by atoms with Gasteiger partial charge in [-0.25, -0.2) is 0 Å². The Hall–Kier alpha value is -0.860. The molecule has 0 unspecified atom stereocenters. The standard InChI is InChI=1S/C17H27NO/c1-19-13-5-6-15-7-9-16(10-8-15)17(14-18)11-3-2-4-12-17/h7-10H,2-6,11-14,18H2,1H3. The van der Waals surface area contributed by atoms with Crippen LogP contribution in [0.15, 0.2) is 24.3 Å². The third-order valence-electron chi connectivity index (χ3n) is 4.58. The van der Waals surface area contributed by atoms with Crippen molar-refractivity contribution in [3.05, 3.63) is 35.4 Å². The van der Waals surface area contributed by atoms with E-state index in [0.29, 0.717) is 0 Å². The molecule has 1 aliphatic carbocycles. The first-order valence-electron chi connectivity index (χ1n) is 7.59. The summed E-state index contributed by atoms with van der Waals surface area (Å²) in [6.45, 7) is 1.63. The van der Waals surface area contributed by atoms with E-state index < -0.39 is 0 Å².